The Kier molecular flexibility index (Phi) is 3.91. The minimum atomic E-state index is -0.0353. The van der Waals surface area contributed by atoms with Crippen LogP contribution in [0, 0.1) is 20.8 Å². The number of carbonyl (C=O) groups is 1. The zero-order valence-electron chi connectivity index (χ0n) is 12.9. The number of hydrogen-bond donors (Lipinski definition) is 0. The lowest BCUT2D eigenvalue weighted by Gasteiger charge is -2.17. The van der Waals surface area contributed by atoms with Gasteiger partial charge in [0, 0.05) is 13.1 Å². The summed E-state index contributed by atoms with van der Waals surface area (Å²) in [4.78, 5) is 18.8. The fraction of sp³-hybridized carbons (Fsp3) is 0.438. The molecule has 1 saturated heterocycles. The molecule has 0 bridgehead atoms. The Morgan fingerprint density at radius 3 is 2.73 bits per heavy atom. The molecule has 2 aromatic rings. The van der Waals surface area contributed by atoms with E-state index in [0.29, 0.717) is 35.4 Å². The first-order valence-corrected chi connectivity index (χ1v) is 7.69. The maximum Gasteiger partial charge on any atom is 0.255 e. The van der Waals surface area contributed by atoms with Crippen molar-refractivity contribution in [1.29, 1.82) is 0 Å². The van der Waals surface area contributed by atoms with E-state index in [1.54, 1.807) is 11.8 Å². The van der Waals surface area contributed by atoms with Crippen LogP contribution in [-0.2, 0) is 0 Å². The minimum Gasteiger partial charge on any atom is -0.339 e. The lowest BCUT2D eigenvalue weighted by Crippen LogP contribution is -2.28. The molecule has 1 unspecified atom stereocenters. The smallest absolute Gasteiger partial charge is 0.255 e. The van der Waals surface area contributed by atoms with Crippen molar-refractivity contribution in [2.45, 2.75) is 33.1 Å². The number of amides is 1. The number of hydrogen-bond acceptors (Lipinski definition) is 4. The second kappa shape index (κ2) is 5.72. The molecule has 2 heterocycles. The van der Waals surface area contributed by atoms with E-state index in [9.17, 15) is 4.79 Å². The fourth-order valence-corrected chi connectivity index (χ4v) is 3.04. The molecule has 5 nitrogen and oxygen atoms in total. The molecular weight excluding hydrogens is 302 g/mol. The van der Waals surface area contributed by atoms with E-state index in [2.05, 4.69) is 10.1 Å². The van der Waals surface area contributed by atoms with Gasteiger partial charge in [-0.3, -0.25) is 4.79 Å². The molecule has 1 aliphatic rings. The van der Waals surface area contributed by atoms with Crippen LogP contribution in [0.4, 0.5) is 0 Å². The van der Waals surface area contributed by atoms with Crippen LogP contribution in [-0.4, -0.2) is 34.0 Å². The van der Waals surface area contributed by atoms with Crippen LogP contribution in [0.2, 0.25) is 5.02 Å². The molecule has 0 aliphatic carbocycles. The van der Waals surface area contributed by atoms with Crippen molar-refractivity contribution in [3.8, 4) is 0 Å². The molecule has 6 heteroatoms. The summed E-state index contributed by atoms with van der Waals surface area (Å²) in [5, 5.41) is 4.32. The van der Waals surface area contributed by atoms with Gasteiger partial charge in [-0.2, -0.15) is 4.98 Å². The number of benzene rings is 1. The summed E-state index contributed by atoms with van der Waals surface area (Å²) in [5.41, 5.74) is 2.71. The van der Waals surface area contributed by atoms with Gasteiger partial charge in [0.1, 0.15) is 0 Å². The summed E-state index contributed by atoms with van der Waals surface area (Å²) in [6.45, 7) is 7.02. The third-order valence-corrected chi connectivity index (χ3v) is 4.49. The SMILES string of the molecule is Cc1noc(C2CCN(C(=O)c3cc(C)c(C)cc3Cl)C2)n1. The molecule has 1 atom stereocenters. The predicted octanol–water partition coefficient (Wildman–Crippen LogP) is 3.28. The topological polar surface area (TPSA) is 59.2 Å². The minimum absolute atomic E-state index is 0.0353. The van der Waals surface area contributed by atoms with Gasteiger partial charge < -0.3 is 9.42 Å². The van der Waals surface area contributed by atoms with Gasteiger partial charge in [0.15, 0.2) is 5.82 Å². The molecule has 1 aliphatic heterocycles. The summed E-state index contributed by atoms with van der Waals surface area (Å²) in [6, 6.07) is 3.71. The molecular formula is C16H18ClN3O2. The normalized spacial score (nSPS) is 18.0. The van der Waals surface area contributed by atoms with Gasteiger partial charge in [-0.1, -0.05) is 16.8 Å². The average Bonchev–Trinajstić information content (AvgIpc) is 3.10. The van der Waals surface area contributed by atoms with Gasteiger partial charge in [0.25, 0.3) is 5.91 Å². The van der Waals surface area contributed by atoms with Crippen molar-refractivity contribution in [1.82, 2.24) is 15.0 Å². The lowest BCUT2D eigenvalue weighted by molar-refractivity contribution is 0.0789. The first kappa shape index (κ1) is 15.0. The van der Waals surface area contributed by atoms with E-state index in [4.69, 9.17) is 16.1 Å². The quantitative estimate of drug-likeness (QED) is 0.852. The number of aromatic nitrogens is 2. The molecule has 116 valence electrons. The van der Waals surface area contributed by atoms with E-state index >= 15 is 0 Å². The van der Waals surface area contributed by atoms with Crippen molar-refractivity contribution >= 4 is 17.5 Å². The van der Waals surface area contributed by atoms with E-state index < -0.39 is 0 Å². The zero-order chi connectivity index (χ0) is 15.9. The number of carbonyl (C=O) groups excluding carboxylic acids is 1. The molecule has 0 N–H and O–H groups in total. The van der Waals surface area contributed by atoms with Gasteiger partial charge in [0.2, 0.25) is 5.89 Å². The van der Waals surface area contributed by atoms with E-state index in [-0.39, 0.29) is 11.8 Å². The van der Waals surface area contributed by atoms with Crippen LogP contribution in [0.5, 0.6) is 0 Å². The van der Waals surface area contributed by atoms with Crippen LogP contribution in [0.25, 0.3) is 0 Å². The molecule has 1 aromatic carbocycles. The molecule has 1 fully saturated rings. The Bertz CT molecular complexity index is 726. The number of likely N-dealkylation sites (tertiary alicyclic amines) is 1. The Hall–Kier alpha value is -1.88. The summed E-state index contributed by atoms with van der Waals surface area (Å²) < 4.78 is 5.22. The monoisotopic (exact) mass is 319 g/mol. The summed E-state index contributed by atoms with van der Waals surface area (Å²) in [5.74, 6) is 1.30. The second-order valence-electron chi connectivity index (χ2n) is 5.83. The molecule has 0 radical (unpaired) electrons. The standard InChI is InChI=1S/C16H18ClN3O2/c1-9-6-13(14(17)7-10(9)2)16(21)20-5-4-12(8-20)15-18-11(3)19-22-15/h6-7,12H,4-5,8H2,1-3H3. The van der Waals surface area contributed by atoms with Crippen LogP contribution in [0.15, 0.2) is 16.7 Å². The third kappa shape index (κ3) is 2.73. The largest absolute Gasteiger partial charge is 0.339 e. The summed E-state index contributed by atoms with van der Waals surface area (Å²) in [6.07, 6.45) is 0.829. The van der Waals surface area contributed by atoms with Crippen molar-refractivity contribution in [2.24, 2.45) is 0 Å². The van der Waals surface area contributed by atoms with Crippen molar-refractivity contribution in [3.05, 3.63) is 45.6 Å². The van der Waals surface area contributed by atoms with Crippen LogP contribution >= 0.6 is 11.6 Å². The van der Waals surface area contributed by atoms with E-state index in [0.717, 1.165) is 17.5 Å². The average molecular weight is 320 g/mol. The Morgan fingerprint density at radius 1 is 1.32 bits per heavy atom. The maximum atomic E-state index is 12.7. The maximum absolute atomic E-state index is 12.7. The van der Waals surface area contributed by atoms with Gasteiger partial charge in [-0.25, -0.2) is 0 Å². The number of nitrogens with zero attached hydrogens (tertiary/aromatic N) is 3. The highest BCUT2D eigenvalue weighted by atomic mass is 35.5. The molecule has 1 aromatic heterocycles. The number of halogens is 1. The van der Waals surface area contributed by atoms with Crippen molar-refractivity contribution < 1.29 is 9.32 Å². The molecule has 22 heavy (non-hydrogen) atoms. The van der Waals surface area contributed by atoms with E-state index in [1.807, 2.05) is 26.0 Å². The molecule has 1 amide bonds. The highest BCUT2D eigenvalue weighted by Gasteiger charge is 2.32. The molecule has 3 rings (SSSR count). The van der Waals surface area contributed by atoms with Crippen LogP contribution in [0.1, 0.15) is 45.5 Å². The Balaban J connectivity index is 1.78. The second-order valence-corrected chi connectivity index (χ2v) is 6.24. The first-order valence-electron chi connectivity index (χ1n) is 7.32. The Morgan fingerprint density at radius 2 is 2.05 bits per heavy atom. The van der Waals surface area contributed by atoms with Crippen LogP contribution in [0.3, 0.4) is 0 Å². The van der Waals surface area contributed by atoms with Crippen LogP contribution < -0.4 is 0 Å². The van der Waals surface area contributed by atoms with Gasteiger partial charge in [0.05, 0.1) is 16.5 Å². The number of rotatable bonds is 2. The first-order chi connectivity index (χ1) is 10.5. The fourth-order valence-electron chi connectivity index (χ4n) is 2.74. The zero-order valence-corrected chi connectivity index (χ0v) is 13.6. The highest BCUT2D eigenvalue weighted by Crippen LogP contribution is 2.29. The van der Waals surface area contributed by atoms with Crippen molar-refractivity contribution in [2.75, 3.05) is 13.1 Å². The predicted molar refractivity (Wildman–Crippen MR) is 83.2 cm³/mol. The van der Waals surface area contributed by atoms with Gasteiger partial charge >= 0.3 is 0 Å². The van der Waals surface area contributed by atoms with E-state index in [1.165, 1.54) is 0 Å². The molecule has 0 saturated carbocycles. The number of aryl methyl sites for hydroxylation is 3. The Labute approximate surface area is 134 Å². The molecule has 0 spiro atoms. The van der Waals surface area contributed by atoms with Crippen molar-refractivity contribution in [3.63, 3.8) is 0 Å². The summed E-state index contributed by atoms with van der Waals surface area (Å²) >= 11 is 6.24. The van der Waals surface area contributed by atoms with Gasteiger partial charge in [-0.05, 0) is 50.5 Å². The highest BCUT2D eigenvalue weighted by molar-refractivity contribution is 6.34. The third-order valence-electron chi connectivity index (χ3n) is 4.18. The van der Waals surface area contributed by atoms with Gasteiger partial charge in [-0.15, -0.1) is 0 Å². The lowest BCUT2D eigenvalue weighted by atomic mass is 10.1. The summed E-state index contributed by atoms with van der Waals surface area (Å²) in [7, 11) is 0.